The molecule has 0 aliphatic heterocycles. The fourth-order valence-electron chi connectivity index (χ4n) is 1.20. The molecule has 0 N–H and O–H groups in total. The standard InChI is InChI=1S/C9H3Cl2F3N2O2/c10-4-1-2-6(5(11)3-4)16-8(17)18-7(15-16)9(12,13)14/h1-3H. The van der Waals surface area contributed by atoms with E-state index in [0.717, 1.165) is 0 Å². The zero-order valence-electron chi connectivity index (χ0n) is 8.33. The van der Waals surface area contributed by atoms with E-state index in [4.69, 9.17) is 23.2 Å². The van der Waals surface area contributed by atoms with Gasteiger partial charge in [0, 0.05) is 5.02 Å². The monoisotopic (exact) mass is 298 g/mol. The lowest BCUT2D eigenvalue weighted by Crippen LogP contribution is -2.14. The van der Waals surface area contributed by atoms with Gasteiger partial charge in [0.25, 0.3) is 0 Å². The summed E-state index contributed by atoms with van der Waals surface area (Å²) in [6.45, 7) is 0. The third-order valence-electron chi connectivity index (χ3n) is 1.93. The summed E-state index contributed by atoms with van der Waals surface area (Å²) >= 11 is 11.4. The number of aromatic nitrogens is 2. The number of nitrogens with zero attached hydrogens (tertiary/aromatic N) is 2. The molecule has 1 aromatic carbocycles. The maximum absolute atomic E-state index is 12.3. The van der Waals surface area contributed by atoms with Gasteiger partial charge < -0.3 is 4.42 Å². The Morgan fingerprint density at radius 2 is 1.94 bits per heavy atom. The van der Waals surface area contributed by atoms with E-state index in [0.29, 0.717) is 4.68 Å². The van der Waals surface area contributed by atoms with Crippen LogP contribution in [0.2, 0.25) is 10.0 Å². The van der Waals surface area contributed by atoms with Crippen LogP contribution >= 0.6 is 23.2 Å². The van der Waals surface area contributed by atoms with Crippen molar-refractivity contribution in [3.05, 3.63) is 44.7 Å². The van der Waals surface area contributed by atoms with E-state index in [1.54, 1.807) is 0 Å². The minimum atomic E-state index is -4.84. The first-order valence-corrected chi connectivity index (χ1v) is 5.17. The third-order valence-corrected chi connectivity index (χ3v) is 2.47. The van der Waals surface area contributed by atoms with Crippen LogP contribution in [-0.4, -0.2) is 9.78 Å². The number of alkyl halides is 3. The van der Waals surface area contributed by atoms with Crippen LogP contribution in [-0.2, 0) is 6.18 Å². The largest absolute Gasteiger partial charge is 0.470 e. The highest BCUT2D eigenvalue weighted by molar-refractivity contribution is 6.35. The van der Waals surface area contributed by atoms with E-state index in [9.17, 15) is 18.0 Å². The summed E-state index contributed by atoms with van der Waals surface area (Å²) in [7, 11) is 0. The zero-order chi connectivity index (χ0) is 13.5. The van der Waals surface area contributed by atoms with Crippen LogP contribution in [0.4, 0.5) is 13.2 Å². The molecule has 0 saturated heterocycles. The van der Waals surface area contributed by atoms with Crippen molar-refractivity contribution in [2.24, 2.45) is 0 Å². The smallest absolute Gasteiger partial charge is 0.383 e. The highest BCUT2D eigenvalue weighted by Gasteiger charge is 2.38. The van der Waals surface area contributed by atoms with Gasteiger partial charge in [-0.1, -0.05) is 23.2 Å². The molecule has 0 bridgehead atoms. The van der Waals surface area contributed by atoms with Gasteiger partial charge in [-0.3, -0.25) is 0 Å². The number of halogens is 5. The molecule has 4 nitrogen and oxygen atoms in total. The zero-order valence-corrected chi connectivity index (χ0v) is 9.84. The van der Waals surface area contributed by atoms with Gasteiger partial charge in [-0.25, -0.2) is 4.79 Å². The third kappa shape index (κ3) is 2.37. The summed E-state index contributed by atoms with van der Waals surface area (Å²) in [4.78, 5) is 11.3. The molecule has 96 valence electrons. The second-order valence-electron chi connectivity index (χ2n) is 3.18. The molecular formula is C9H3Cl2F3N2O2. The van der Waals surface area contributed by atoms with Crippen molar-refractivity contribution in [2.45, 2.75) is 6.18 Å². The molecule has 1 heterocycles. The summed E-state index contributed by atoms with van der Waals surface area (Å²) in [5, 5.41) is 3.28. The SMILES string of the molecule is O=c1oc(C(F)(F)F)nn1-c1ccc(Cl)cc1Cl. The lowest BCUT2D eigenvalue weighted by atomic mass is 10.3. The fourth-order valence-corrected chi connectivity index (χ4v) is 1.69. The molecule has 2 rings (SSSR count). The first kappa shape index (κ1) is 13.0. The summed E-state index contributed by atoms with van der Waals surface area (Å²) < 4.78 is 41.3. The molecule has 0 aliphatic carbocycles. The number of hydrogen-bond donors (Lipinski definition) is 0. The van der Waals surface area contributed by atoms with E-state index >= 15 is 0 Å². The van der Waals surface area contributed by atoms with Crippen LogP contribution in [0.15, 0.2) is 27.4 Å². The van der Waals surface area contributed by atoms with Crippen LogP contribution in [0.1, 0.15) is 5.89 Å². The van der Waals surface area contributed by atoms with Gasteiger partial charge in [0.05, 0.1) is 10.7 Å². The summed E-state index contributed by atoms with van der Waals surface area (Å²) in [6.07, 6.45) is -4.84. The van der Waals surface area contributed by atoms with Crippen molar-refractivity contribution >= 4 is 23.2 Å². The van der Waals surface area contributed by atoms with Crippen LogP contribution in [0.3, 0.4) is 0 Å². The van der Waals surface area contributed by atoms with Crippen LogP contribution in [0, 0.1) is 0 Å². The van der Waals surface area contributed by atoms with Crippen LogP contribution < -0.4 is 5.76 Å². The first-order chi connectivity index (χ1) is 8.29. The Morgan fingerprint density at radius 1 is 1.28 bits per heavy atom. The lowest BCUT2D eigenvalue weighted by Gasteiger charge is -2.02. The molecule has 0 spiro atoms. The van der Waals surface area contributed by atoms with Crippen LogP contribution in [0.25, 0.3) is 5.69 Å². The van der Waals surface area contributed by atoms with Gasteiger partial charge in [0.1, 0.15) is 0 Å². The van der Waals surface area contributed by atoms with Crippen molar-refractivity contribution in [3.63, 3.8) is 0 Å². The highest BCUT2D eigenvalue weighted by atomic mass is 35.5. The Labute approximate surface area is 108 Å². The van der Waals surface area contributed by atoms with Gasteiger partial charge in [-0.05, 0) is 18.2 Å². The average molecular weight is 299 g/mol. The Bertz CT molecular complexity index is 648. The Balaban J connectivity index is 2.58. The van der Waals surface area contributed by atoms with E-state index in [-0.39, 0.29) is 15.7 Å². The topological polar surface area (TPSA) is 48.0 Å². The van der Waals surface area contributed by atoms with Crippen LogP contribution in [0.5, 0.6) is 0 Å². The molecule has 0 atom stereocenters. The maximum atomic E-state index is 12.3. The summed E-state index contributed by atoms with van der Waals surface area (Å²) in [6, 6.07) is 3.89. The van der Waals surface area contributed by atoms with Gasteiger partial charge in [0.15, 0.2) is 0 Å². The van der Waals surface area contributed by atoms with Gasteiger partial charge in [-0.2, -0.15) is 17.9 Å². The van der Waals surface area contributed by atoms with E-state index in [1.165, 1.54) is 18.2 Å². The summed E-state index contributed by atoms with van der Waals surface area (Å²) in [5.41, 5.74) is -0.0506. The Morgan fingerprint density at radius 3 is 2.44 bits per heavy atom. The number of rotatable bonds is 1. The van der Waals surface area contributed by atoms with E-state index in [1.807, 2.05) is 0 Å². The molecule has 0 saturated carbocycles. The Hall–Kier alpha value is -1.47. The van der Waals surface area contributed by atoms with E-state index in [2.05, 4.69) is 9.52 Å². The fraction of sp³-hybridized carbons (Fsp3) is 0.111. The highest BCUT2D eigenvalue weighted by Crippen LogP contribution is 2.28. The maximum Gasteiger partial charge on any atom is 0.470 e. The molecule has 0 amide bonds. The molecule has 2 aromatic rings. The number of benzene rings is 1. The molecule has 9 heteroatoms. The molecule has 0 aliphatic rings. The molecule has 1 aromatic heterocycles. The Kier molecular flexibility index (Phi) is 3.12. The number of hydrogen-bond acceptors (Lipinski definition) is 3. The molecule has 0 unspecified atom stereocenters. The predicted molar refractivity (Wildman–Crippen MR) is 57.1 cm³/mol. The van der Waals surface area contributed by atoms with Crippen molar-refractivity contribution in [1.29, 1.82) is 0 Å². The lowest BCUT2D eigenvalue weighted by molar-refractivity contribution is -0.157. The van der Waals surface area contributed by atoms with E-state index < -0.39 is 17.8 Å². The molecule has 18 heavy (non-hydrogen) atoms. The second-order valence-corrected chi connectivity index (χ2v) is 4.02. The van der Waals surface area contributed by atoms with Crippen molar-refractivity contribution < 1.29 is 17.6 Å². The minimum Gasteiger partial charge on any atom is -0.383 e. The second kappa shape index (κ2) is 4.33. The van der Waals surface area contributed by atoms with Gasteiger partial charge >= 0.3 is 17.8 Å². The predicted octanol–water partition coefficient (Wildman–Crippen LogP) is 3.15. The normalized spacial score (nSPS) is 11.8. The molecule has 0 fully saturated rings. The van der Waals surface area contributed by atoms with Crippen molar-refractivity contribution in [3.8, 4) is 5.69 Å². The molecule has 0 radical (unpaired) electrons. The van der Waals surface area contributed by atoms with Gasteiger partial charge in [0.2, 0.25) is 0 Å². The quantitative estimate of drug-likeness (QED) is 0.812. The first-order valence-electron chi connectivity index (χ1n) is 4.42. The van der Waals surface area contributed by atoms with Crippen molar-refractivity contribution in [1.82, 2.24) is 9.78 Å². The summed E-state index contributed by atoms with van der Waals surface area (Å²) in [5.74, 6) is -2.93. The average Bonchev–Trinajstić information content (AvgIpc) is 2.60. The van der Waals surface area contributed by atoms with Gasteiger partial charge in [-0.15, -0.1) is 5.10 Å². The molecular weight excluding hydrogens is 296 g/mol. The minimum absolute atomic E-state index is 0.0216. The van der Waals surface area contributed by atoms with Crippen molar-refractivity contribution in [2.75, 3.05) is 0 Å².